The number of hydrogen-bond acceptors (Lipinski definition) is 6. The lowest BCUT2D eigenvalue weighted by Crippen LogP contribution is -2.30. The van der Waals surface area contributed by atoms with Gasteiger partial charge in [0.2, 0.25) is 0 Å². The Bertz CT molecular complexity index is 1880. The molecule has 0 fully saturated rings. The number of rotatable bonds is 6. The van der Waals surface area contributed by atoms with Crippen molar-refractivity contribution < 1.29 is 19.1 Å². The molecule has 1 aliphatic carbocycles. The number of para-hydroxylation sites is 2. The molecule has 214 valence electrons. The maximum Gasteiger partial charge on any atom is 0.197 e. The first kappa shape index (κ1) is 27.2. The van der Waals surface area contributed by atoms with Gasteiger partial charge in [0, 0.05) is 32.9 Å². The Morgan fingerprint density at radius 3 is 2.00 bits per heavy atom. The van der Waals surface area contributed by atoms with Crippen LogP contribution in [0.1, 0.15) is 65.1 Å². The van der Waals surface area contributed by atoms with Crippen molar-refractivity contribution in [1.82, 2.24) is 0 Å². The molecule has 0 saturated heterocycles. The van der Waals surface area contributed by atoms with Crippen LogP contribution in [-0.4, -0.2) is 24.8 Å². The zero-order valence-corrected chi connectivity index (χ0v) is 25.4. The van der Waals surface area contributed by atoms with Gasteiger partial charge in [0.1, 0.15) is 11.5 Å². The van der Waals surface area contributed by atoms with E-state index in [1.54, 1.807) is 17.4 Å². The van der Waals surface area contributed by atoms with Crippen LogP contribution in [0.15, 0.2) is 89.8 Å². The summed E-state index contributed by atoms with van der Waals surface area (Å²) in [5.74, 6) is 0.684. The minimum absolute atomic E-state index is 0.138. The Balaban J connectivity index is 1.41. The third kappa shape index (κ3) is 4.20. The number of thiophene rings is 1. The van der Waals surface area contributed by atoms with Crippen LogP contribution in [0.3, 0.4) is 0 Å². The minimum atomic E-state index is -0.265. The smallest absolute Gasteiger partial charge is 0.197 e. The third-order valence-corrected chi connectivity index (χ3v) is 9.32. The summed E-state index contributed by atoms with van der Waals surface area (Å²) in [6.45, 7) is 9.25. The van der Waals surface area contributed by atoms with Crippen LogP contribution in [0.5, 0.6) is 11.5 Å². The zero-order valence-electron chi connectivity index (χ0n) is 24.6. The lowest BCUT2D eigenvalue weighted by molar-refractivity contribution is 0.0990. The topological polar surface area (TPSA) is 55.8 Å². The maximum atomic E-state index is 13.5. The van der Waals surface area contributed by atoms with E-state index in [9.17, 15) is 9.59 Å². The molecule has 5 aromatic rings. The van der Waals surface area contributed by atoms with Gasteiger partial charge in [0.05, 0.1) is 35.8 Å². The van der Waals surface area contributed by atoms with Gasteiger partial charge in [-0.1, -0.05) is 50.2 Å². The highest BCUT2D eigenvalue weighted by molar-refractivity contribution is 7.17. The molecule has 1 aliphatic heterocycles. The predicted octanol–water partition coefficient (Wildman–Crippen LogP) is 9.27. The lowest BCUT2D eigenvalue weighted by atomic mass is 9.73. The van der Waals surface area contributed by atoms with Crippen LogP contribution in [0, 0.1) is 0 Å². The second-order valence-electron chi connectivity index (χ2n) is 11.3. The first-order valence-corrected chi connectivity index (χ1v) is 15.5. The molecule has 0 unspecified atom stereocenters. The highest BCUT2D eigenvalue weighted by atomic mass is 32.1. The van der Waals surface area contributed by atoms with E-state index in [1.165, 1.54) is 11.1 Å². The summed E-state index contributed by atoms with van der Waals surface area (Å²) >= 11 is 1.56. The third-order valence-electron chi connectivity index (χ3n) is 8.44. The molecule has 2 heterocycles. The number of allylic oxidation sites excluding steroid dienone is 1. The largest absolute Gasteiger partial charge is 0.493 e. The Morgan fingerprint density at radius 2 is 1.35 bits per heavy atom. The summed E-state index contributed by atoms with van der Waals surface area (Å²) in [7, 11) is 0. The van der Waals surface area contributed by atoms with E-state index in [2.05, 4.69) is 67.3 Å². The monoisotopic (exact) mass is 585 g/mol. The number of Topliss-reactive ketones (excluding diaryl/α,β-unsaturated/α-hetero) is 2. The number of hydrogen-bond donors (Lipinski definition) is 0. The number of carbonyl (C=O) groups excluding carboxylic acids is 2. The molecule has 7 rings (SSSR count). The van der Waals surface area contributed by atoms with Crippen molar-refractivity contribution in [3.63, 3.8) is 0 Å². The van der Waals surface area contributed by atoms with Crippen LogP contribution in [-0.2, 0) is 5.41 Å². The molecule has 0 amide bonds. The van der Waals surface area contributed by atoms with Crippen molar-refractivity contribution in [2.75, 3.05) is 18.1 Å². The minimum Gasteiger partial charge on any atom is -0.493 e. The predicted molar refractivity (Wildman–Crippen MR) is 174 cm³/mol. The van der Waals surface area contributed by atoms with Gasteiger partial charge >= 0.3 is 0 Å². The van der Waals surface area contributed by atoms with Gasteiger partial charge in [-0.2, -0.15) is 0 Å². The fourth-order valence-electron chi connectivity index (χ4n) is 6.40. The molecule has 0 N–H and O–H groups in total. The van der Waals surface area contributed by atoms with E-state index in [0.717, 1.165) is 27.1 Å². The van der Waals surface area contributed by atoms with E-state index in [1.807, 2.05) is 49.6 Å². The normalized spacial score (nSPS) is 15.9. The van der Waals surface area contributed by atoms with Crippen molar-refractivity contribution in [2.24, 2.45) is 0 Å². The SMILES string of the molecule is CCOc1cc(N2c3ccccc3C(C)(C)c3ccccc32)c(OCC)cc1/C=C1/C(=O)c2cc3ccsc3cc2C1=O. The fraction of sp³-hybridized carbons (Fsp3) is 0.189. The van der Waals surface area contributed by atoms with Gasteiger partial charge in [0.15, 0.2) is 11.6 Å². The van der Waals surface area contributed by atoms with Crippen molar-refractivity contribution in [3.8, 4) is 11.5 Å². The van der Waals surface area contributed by atoms with E-state index in [0.29, 0.717) is 41.4 Å². The molecule has 0 radical (unpaired) electrons. The van der Waals surface area contributed by atoms with Crippen molar-refractivity contribution in [1.29, 1.82) is 0 Å². The van der Waals surface area contributed by atoms with Crippen LogP contribution in [0.25, 0.3) is 16.2 Å². The second kappa shape index (κ2) is 10.2. The number of benzene rings is 4. The highest BCUT2D eigenvalue weighted by Crippen LogP contribution is 2.54. The fourth-order valence-corrected chi connectivity index (χ4v) is 7.21. The molecule has 0 saturated carbocycles. The molecule has 2 aliphatic rings. The van der Waals surface area contributed by atoms with Gasteiger partial charge in [-0.15, -0.1) is 11.3 Å². The van der Waals surface area contributed by atoms with E-state index < -0.39 is 0 Å². The molecule has 5 nitrogen and oxygen atoms in total. The van der Waals surface area contributed by atoms with Gasteiger partial charge in [0.25, 0.3) is 0 Å². The molecule has 43 heavy (non-hydrogen) atoms. The molecule has 0 bridgehead atoms. The molecular weight excluding hydrogens is 554 g/mol. The average molecular weight is 586 g/mol. The van der Waals surface area contributed by atoms with Gasteiger partial charge in [-0.25, -0.2) is 0 Å². The molecule has 0 atom stereocenters. The molecular formula is C37H31NO4S. The number of ketones is 2. The van der Waals surface area contributed by atoms with Crippen molar-refractivity contribution in [3.05, 3.63) is 118 Å². The number of ether oxygens (including phenoxy) is 2. The van der Waals surface area contributed by atoms with E-state index >= 15 is 0 Å². The average Bonchev–Trinajstić information content (AvgIpc) is 3.56. The Morgan fingerprint density at radius 1 is 0.744 bits per heavy atom. The van der Waals surface area contributed by atoms with Crippen LogP contribution < -0.4 is 14.4 Å². The molecule has 6 heteroatoms. The van der Waals surface area contributed by atoms with Crippen LogP contribution in [0.2, 0.25) is 0 Å². The number of fused-ring (bicyclic) bond motifs is 4. The Labute approximate surface area is 255 Å². The Kier molecular flexibility index (Phi) is 6.47. The van der Waals surface area contributed by atoms with Crippen molar-refractivity contribution in [2.45, 2.75) is 33.1 Å². The molecule has 4 aromatic carbocycles. The second-order valence-corrected chi connectivity index (χ2v) is 12.2. The summed E-state index contributed by atoms with van der Waals surface area (Å²) in [6, 6.07) is 26.4. The molecule has 0 spiro atoms. The number of carbonyl (C=O) groups is 2. The number of nitrogens with zero attached hydrogens (tertiary/aromatic N) is 1. The van der Waals surface area contributed by atoms with E-state index in [4.69, 9.17) is 9.47 Å². The van der Waals surface area contributed by atoms with Gasteiger partial charge < -0.3 is 14.4 Å². The van der Waals surface area contributed by atoms with Crippen LogP contribution >= 0.6 is 11.3 Å². The quantitative estimate of drug-likeness (QED) is 0.147. The summed E-state index contributed by atoms with van der Waals surface area (Å²) in [5.41, 5.74) is 6.85. The standard InChI is InChI=1S/C37H31NO4S/c1-5-41-32-21-31(38-29-13-9-7-11-27(29)37(3,4)28-12-8-10-14-30(28)38)33(42-6-2)19-23(32)18-26-35(39)24-17-22-15-16-43-34(22)20-25(24)36(26)40/h7-21H,5-6H2,1-4H3/b26-18-. The van der Waals surface area contributed by atoms with Crippen molar-refractivity contribution >= 4 is 56.1 Å². The summed E-state index contributed by atoms with van der Waals surface area (Å²) in [6.07, 6.45) is 1.66. The first-order valence-electron chi connectivity index (χ1n) is 14.6. The zero-order chi connectivity index (χ0) is 29.9. The van der Waals surface area contributed by atoms with Gasteiger partial charge in [-0.05, 0) is 78.2 Å². The highest BCUT2D eigenvalue weighted by Gasteiger charge is 2.38. The maximum absolute atomic E-state index is 13.5. The van der Waals surface area contributed by atoms with E-state index in [-0.39, 0.29) is 22.6 Å². The first-order chi connectivity index (χ1) is 20.8. The summed E-state index contributed by atoms with van der Waals surface area (Å²) < 4.78 is 13.4. The molecule has 1 aromatic heterocycles. The Hall–Kier alpha value is -4.68. The van der Waals surface area contributed by atoms with Gasteiger partial charge in [-0.3, -0.25) is 9.59 Å². The summed E-state index contributed by atoms with van der Waals surface area (Å²) in [4.78, 5) is 29.3. The lowest BCUT2D eigenvalue weighted by Gasteiger charge is -2.42. The van der Waals surface area contributed by atoms with Crippen LogP contribution in [0.4, 0.5) is 17.1 Å². The summed E-state index contributed by atoms with van der Waals surface area (Å²) in [5, 5.41) is 2.94. The number of anilines is 3.